The first-order valence-corrected chi connectivity index (χ1v) is 6.71. The highest BCUT2D eigenvalue weighted by Gasteiger charge is 2.28. The van der Waals surface area contributed by atoms with Crippen molar-refractivity contribution in [1.29, 1.82) is 0 Å². The van der Waals surface area contributed by atoms with E-state index in [2.05, 4.69) is 5.32 Å². The van der Waals surface area contributed by atoms with Gasteiger partial charge in [0.15, 0.2) is 5.75 Å². The molecule has 1 saturated carbocycles. The number of benzene rings is 1. The Morgan fingerprint density at radius 1 is 1.37 bits per heavy atom. The fourth-order valence-corrected chi connectivity index (χ4v) is 2.69. The molecule has 0 radical (unpaired) electrons. The molecule has 5 heteroatoms. The fraction of sp³-hybridized carbons (Fsp3) is 0.571. The van der Waals surface area contributed by atoms with Crippen molar-refractivity contribution in [2.75, 3.05) is 7.05 Å². The maximum Gasteiger partial charge on any atom is 0.313 e. The van der Waals surface area contributed by atoms with Crippen LogP contribution in [0.4, 0.5) is 5.69 Å². The van der Waals surface area contributed by atoms with E-state index in [4.69, 9.17) is 4.74 Å². The number of rotatable bonds is 4. The summed E-state index contributed by atoms with van der Waals surface area (Å²) >= 11 is 0. The molecule has 1 fully saturated rings. The molecule has 5 nitrogen and oxygen atoms in total. The molecule has 1 aliphatic rings. The minimum atomic E-state index is -0.359. The summed E-state index contributed by atoms with van der Waals surface area (Å²) in [4.78, 5) is 10.8. The normalized spacial score (nSPS) is 23.1. The van der Waals surface area contributed by atoms with Crippen molar-refractivity contribution in [2.45, 2.75) is 44.8 Å². The topological polar surface area (TPSA) is 64.4 Å². The molecule has 1 aromatic rings. The lowest BCUT2D eigenvalue weighted by Crippen LogP contribution is -2.43. The molecule has 0 aliphatic heterocycles. The van der Waals surface area contributed by atoms with Crippen LogP contribution in [0, 0.1) is 17.0 Å². The number of hydrogen-bond acceptors (Lipinski definition) is 4. The van der Waals surface area contributed by atoms with Crippen LogP contribution in [0.3, 0.4) is 0 Å². The van der Waals surface area contributed by atoms with Gasteiger partial charge >= 0.3 is 5.69 Å². The number of nitro benzene ring substituents is 1. The van der Waals surface area contributed by atoms with Crippen LogP contribution in [0.2, 0.25) is 0 Å². The van der Waals surface area contributed by atoms with Gasteiger partial charge in [0.05, 0.1) is 4.92 Å². The van der Waals surface area contributed by atoms with E-state index >= 15 is 0 Å². The van der Waals surface area contributed by atoms with Gasteiger partial charge in [-0.25, -0.2) is 0 Å². The molecule has 1 N–H and O–H groups in total. The molecule has 2 atom stereocenters. The second kappa shape index (κ2) is 6.02. The molecule has 0 bridgehead atoms. The molecule has 19 heavy (non-hydrogen) atoms. The summed E-state index contributed by atoms with van der Waals surface area (Å²) in [6.07, 6.45) is 4.31. The molecular weight excluding hydrogens is 244 g/mol. The van der Waals surface area contributed by atoms with Crippen LogP contribution in [0.15, 0.2) is 18.2 Å². The zero-order chi connectivity index (χ0) is 13.8. The maximum atomic E-state index is 11.1. The average Bonchev–Trinajstić information content (AvgIpc) is 2.39. The van der Waals surface area contributed by atoms with E-state index in [1.165, 1.54) is 6.42 Å². The van der Waals surface area contributed by atoms with E-state index in [1.807, 2.05) is 7.05 Å². The number of nitro groups is 1. The standard InChI is InChI=1S/C14H20N2O3/c1-10-6-5-9-13(14(10)16(17)18)19-12-8-4-3-7-11(12)15-2/h5-6,9,11-12,15H,3-4,7-8H2,1-2H3. The zero-order valence-electron chi connectivity index (χ0n) is 11.4. The van der Waals surface area contributed by atoms with Crippen molar-refractivity contribution in [3.63, 3.8) is 0 Å². The Bertz CT molecular complexity index is 462. The molecule has 0 aromatic heterocycles. The summed E-state index contributed by atoms with van der Waals surface area (Å²) in [5.41, 5.74) is 0.724. The molecule has 2 rings (SSSR count). The minimum absolute atomic E-state index is 0.0132. The van der Waals surface area contributed by atoms with Crippen molar-refractivity contribution in [1.82, 2.24) is 5.32 Å². The largest absolute Gasteiger partial charge is 0.482 e. The highest BCUT2D eigenvalue weighted by molar-refractivity contribution is 5.52. The van der Waals surface area contributed by atoms with Gasteiger partial charge in [-0.15, -0.1) is 0 Å². The number of aryl methyl sites for hydroxylation is 1. The molecule has 2 unspecified atom stereocenters. The van der Waals surface area contributed by atoms with Crippen molar-refractivity contribution < 1.29 is 9.66 Å². The van der Waals surface area contributed by atoms with Gasteiger partial charge < -0.3 is 10.1 Å². The second-order valence-corrected chi connectivity index (χ2v) is 5.01. The number of ether oxygens (including phenoxy) is 1. The summed E-state index contributed by atoms with van der Waals surface area (Å²) in [6.45, 7) is 1.74. The fourth-order valence-electron chi connectivity index (χ4n) is 2.69. The van der Waals surface area contributed by atoms with E-state index < -0.39 is 0 Å². The smallest absolute Gasteiger partial charge is 0.313 e. The summed E-state index contributed by atoms with van der Waals surface area (Å²) in [6, 6.07) is 5.50. The molecule has 0 spiro atoms. The molecule has 1 aliphatic carbocycles. The number of para-hydroxylation sites is 1. The highest BCUT2D eigenvalue weighted by atomic mass is 16.6. The lowest BCUT2D eigenvalue weighted by molar-refractivity contribution is -0.386. The molecule has 1 aromatic carbocycles. The summed E-state index contributed by atoms with van der Waals surface area (Å²) in [5, 5.41) is 14.4. The van der Waals surface area contributed by atoms with Gasteiger partial charge in [-0.1, -0.05) is 18.6 Å². The third-order valence-corrected chi connectivity index (χ3v) is 3.74. The van der Waals surface area contributed by atoms with Crippen LogP contribution in [-0.2, 0) is 0 Å². The number of nitrogens with zero attached hydrogens (tertiary/aromatic N) is 1. The van der Waals surface area contributed by atoms with Crippen molar-refractivity contribution in [2.24, 2.45) is 0 Å². The van der Waals surface area contributed by atoms with Crippen LogP contribution in [0.25, 0.3) is 0 Å². The predicted molar refractivity (Wildman–Crippen MR) is 73.6 cm³/mol. The Hall–Kier alpha value is -1.62. The summed E-state index contributed by atoms with van der Waals surface area (Å²) in [7, 11) is 1.91. The first kappa shape index (κ1) is 13.8. The van der Waals surface area contributed by atoms with Gasteiger partial charge in [0.25, 0.3) is 0 Å². The van der Waals surface area contributed by atoms with Crippen LogP contribution >= 0.6 is 0 Å². The van der Waals surface area contributed by atoms with E-state index in [9.17, 15) is 10.1 Å². The SMILES string of the molecule is CNC1CCCCC1Oc1cccc(C)c1[N+](=O)[O-]. The van der Waals surface area contributed by atoms with E-state index in [-0.39, 0.29) is 22.8 Å². The van der Waals surface area contributed by atoms with E-state index in [0.29, 0.717) is 11.3 Å². The predicted octanol–water partition coefficient (Wildman–Crippen LogP) is 2.81. The minimum Gasteiger partial charge on any atom is -0.482 e. The van der Waals surface area contributed by atoms with E-state index in [1.54, 1.807) is 25.1 Å². The lowest BCUT2D eigenvalue weighted by atomic mass is 9.92. The lowest BCUT2D eigenvalue weighted by Gasteiger charge is -2.31. The van der Waals surface area contributed by atoms with Crippen molar-refractivity contribution in [3.8, 4) is 5.75 Å². The Labute approximate surface area is 113 Å². The third-order valence-electron chi connectivity index (χ3n) is 3.74. The average molecular weight is 264 g/mol. The first-order chi connectivity index (χ1) is 9.13. The second-order valence-electron chi connectivity index (χ2n) is 5.01. The van der Waals surface area contributed by atoms with Crippen LogP contribution in [0.5, 0.6) is 5.75 Å². The van der Waals surface area contributed by atoms with Crippen molar-refractivity contribution in [3.05, 3.63) is 33.9 Å². The highest BCUT2D eigenvalue weighted by Crippen LogP contribution is 2.33. The van der Waals surface area contributed by atoms with Gasteiger partial charge in [0.2, 0.25) is 0 Å². The Morgan fingerprint density at radius 2 is 2.11 bits per heavy atom. The van der Waals surface area contributed by atoms with Gasteiger partial charge in [-0.05, 0) is 39.3 Å². The van der Waals surface area contributed by atoms with Gasteiger partial charge in [0, 0.05) is 11.6 Å². The molecule has 104 valence electrons. The summed E-state index contributed by atoms with van der Waals surface area (Å²) in [5.74, 6) is 0.386. The summed E-state index contributed by atoms with van der Waals surface area (Å²) < 4.78 is 5.93. The van der Waals surface area contributed by atoms with E-state index in [0.717, 1.165) is 19.3 Å². The van der Waals surface area contributed by atoms with Crippen LogP contribution in [-0.4, -0.2) is 24.1 Å². The molecule has 0 saturated heterocycles. The van der Waals surface area contributed by atoms with Gasteiger partial charge in [-0.2, -0.15) is 0 Å². The van der Waals surface area contributed by atoms with Gasteiger partial charge in [0.1, 0.15) is 6.10 Å². The number of hydrogen-bond donors (Lipinski definition) is 1. The van der Waals surface area contributed by atoms with Crippen LogP contribution in [0.1, 0.15) is 31.2 Å². The Balaban J connectivity index is 2.22. The monoisotopic (exact) mass is 264 g/mol. The quantitative estimate of drug-likeness (QED) is 0.671. The molecular formula is C14H20N2O3. The molecule has 0 heterocycles. The van der Waals surface area contributed by atoms with Crippen molar-refractivity contribution >= 4 is 5.69 Å². The third kappa shape index (κ3) is 3.04. The Morgan fingerprint density at radius 3 is 2.79 bits per heavy atom. The zero-order valence-corrected chi connectivity index (χ0v) is 11.4. The maximum absolute atomic E-state index is 11.1. The first-order valence-electron chi connectivity index (χ1n) is 6.71. The molecule has 0 amide bonds. The number of nitrogens with one attached hydrogen (secondary N) is 1. The van der Waals surface area contributed by atoms with Gasteiger partial charge in [-0.3, -0.25) is 10.1 Å². The number of likely N-dealkylation sites (N-methyl/N-ethyl adjacent to an activating group) is 1. The Kier molecular flexibility index (Phi) is 4.37. The van der Waals surface area contributed by atoms with Crippen LogP contribution < -0.4 is 10.1 Å².